The lowest BCUT2D eigenvalue weighted by Gasteiger charge is -2.21. The number of rotatable bonds is 7. The van der Waals surface area contributed by atoms with E-state index in [0.29, 0.717) is 10.7 Å². The Morgan fingerprint density at radius 2 is 2.39 bits per heavy atom. The fourth-order valence-corrected chi connectivity index (χ4v) is 1.91. The molecule has 0 radical (unpaired) electrons. The van der Waals surface area contributed by atoms with E-state index < -0.39 is 0 Å². The third-order valence-corrected chi connectivity index (χ3v) is 3.25. The van der Waals surface area contributed by atoms with E-state index in [1.165, 1.54) is 12.8 Å². The predicted molar refractivity (Wildman–Crippen MR) is 76.9 cm³/mol. The van der Waals surface area contributed by atoms with Crippen LogP contribution < -0.4 is 10.6 Å². The zero-order valence-electron chi connectivity index (χ0n) is 10.6. The molecule has 98 valence electrons. The molecule has 0 bridgehead atoms. The highest BCUT2D eigenvalue weighted by Crippen LogP contribution is 2.28. The van der Waals surface area contributed by atoms with E-state index in [1.807, 2.05) is 19.2 Å². The Hall–Kier alpha value is -1.20. The van der Waals surface area contributed by atoms with Gasteiger partial charge in [-0.05, 0) is 30.9 Å². The van der Waals surface area contributed by atoms with E-state index in [0.717, 1.165) is 31.4 Å². The standard InChI is InChI=1S/C13H19N3OS/c1-16(7-8-17-9-10-4-5-10)11-3-2-6-15-12(11)13(14)18/h2-3,6,10H,4-5,7-9H2,1H3,(H2,14,18). The number of aromatic nitrogens is 1. The highest BCUT2D eigenvalue weighted by molar-refractivity contribution is 7.80. The molecule has 4 nitrogen and oxygen atoms in total. The van der Waals surface area contributed by atoms with Crippen LogP contribution in [0.5, 0.6) is 0 Å². The highest BCUT2D eigenvalue weighted by atomic mass is 32.1. The third-order valence-electron chi connectivity index (χ3n) is 3.05. The maximum atomic E-state index is 5.67. The zero-order valence-corrected chi connectivity index (χ0v) is 11.4. The molecule has 1 fully saturated rings. The minimum atomic E-state index is 0.330. The van der Waals surface area contributed by atoms with Gasteiger partial charge in [-0.1, -0.05) is 12.2 Å². The highest BCUT2D eigenvalue weighted by Gasteiger charge is 2.21. The molecule has 1 heterocycles. The molecule has 0 aliphatic heterocycles. The summed E-state index contributed by atoms with van der Waals surface area (Å²) in [7, 11) is 2.00. The Labute approximate surface area is 113 Å². The van der Waals surface area contributed by atoms with Crippen molar-refractivity contribution >= 4 is 22.9 Å². The number of hydrogen-bond acceptors (Lipinski definition) is 4. The molecule has 0 unspecified atom stereocenters. The first kappa shape index (κ1) is 13.2. The molecule has 5 heteroatoms. The second-order valence-corrected chi connectivity index (χ2v) is 5.12. The van der Waals surface area contributed by atoms with Gasteiger partial charge in [0.1, 0.15) is 10.7 Å². The fourth-order valence-electron chi connectivity index (χ4n) is 1.75. The van der Waals surface area contributed by atoms with Crippen molar-refractivity contribution in [3.8, 4) is 0 Å². The normalized spacial score (nSPS) is 14.5. The van der Waals surface area contributed by atoms with Gasteiger partial charge in [0, 0.05) is 26.4 Å². The molecule has 0 saturated heterocycles. The van der Waals surface area contributed by atoms with E-state index in [2.05, 4.69) is 9.88 Å². The maximum absolute atomic E-state index is 5.67. The van der Waals surface area contributed by atoms with Crippen LogP contribution >= 0.6 is 12.2 Å². The molecule has 0 spiro atoms. The van der Waals surface area contributed by atoms with Gasteiger partial charge in [0.05, 0.1) is 12.3 Å². The van der Waals surface area contributed by atoms with Crippen LogP contribution in [-0.2, 0) is 4.74 Å². The lowest BCUT2D eigenvalue weighted by atomic mass is 10.2. The van der Waals surface area contributed by atoms with Crippen LogP contribution in [0.2, 0.25) is 0 Å². The summed E-state index contributed by atoms with van der Waals surface area (Å²) in [6.45, 7) is 2.43. The number of nitrogens with zero attached hydrogens (tertiary/aromatic N) is 2. The summed E-state index contributed by atoms with van der Waals surface area (Å²) in [5, 5.41) is 0. The largest absolute Gasteiger partial charge is 0.388 e. The van der Waals surface area contributed by atoms with Gasteiger partial charge in [-0.15, -0.1) is 0 Å². The molecule has 2 rings (SSSR count). The van der Waals surface area contributed by atoms with Crippen molar-refractivity contribution in [3.05, 3.63) is 24.0 Å². The number of anilines is 1. The Balaban J connectivity index is 1.86. The fraction of sp³-hybridized carbons (Fsp3) is 0.538. The van der Waals surface area contributed by atoms with Crippen molar-refractivity contribution in [2.24, 2.45) is 11.7 Å². The summed E-state index contributed by atoms with van der Waals surface area (Å²) in [5.41, 5.74) is 7.30. The van der Waals surface area contributed by atoms with Crippen molar-refractivity contribution in [3.63, 3.8) is 0 Å². The van der Waals surface area contributed by atoms with Gasteiger partial charge >= 0.3 is 0 Å². The summed E-state index contributed by atoms with van der Waals surface area (Å²) in [6, 6.07) is 3.86. The van der Waals surface area contributed by atoms with Crippen molar-refractivity contribution < 1.29 is 4.74 Å². The molecule has 1 aromatic heterocycles. The van der Waals surface area contributed by atoms with Crippen LogP contribution in [0.3, 0.4) is 0 Å². The predicted octanol–water partition coefficient (Wildman–Crippen LogP) is 1.58. The second kappa shape index (κ2) is 6.11. The molecule has 1 aromatic rings. The number of thiocarbonyl (C=S) groups is 1. The topological polar surface area (TPSA) is 51.4 Å². The van der Waals surface area contributed by atoms with Crippen molar-refractivity contribution in [1.82, 2.24) is 4.98 Å². The van der Waals surface area contributed by atoms with Crippen LogP contribution in [0.25, 0.3) is 0 Å². The van der Waals surface area contributed by atoms with Gasteiger partial charge in [-0.25, -0.2) is 0 Å². The average Bonchev–Trinajstić information content (AvgIpc) is 3.18. The van der Waals surface area contributed by atoms with Crippen LogP contribution in [0.1, 0.15) is 18.5 Å². The third kappa shape index (κ3) is 3.65. The smallest absolute Gasteiger partial charge is 0.124 e. The number of hydrogen-bond donors (Lipinski definition) is 1. The van der Waals surface area contributed by atoms with E-state index in [1.54, 1.807) is 6.20 Å². The molecular weight excluding hydrogens is 246 g/mol. The van der Waals surface area contributed by atoms with Crippen LogP contribution in [0.4, 0.5) is 5.69 Å². The van der Waals surface area contributed by atoms with Crippen molar-refractivity contribution in [2.75, 3.05) is 31.7 Å². The Kier molecular flexibility index (Phi) is 4.49. The average molecular weight is 265 g/mol. The van der Waals surface area contributed by atoms with Gasteiger partial charge in [0.2, 0.25) is 0 Å². The lowest BCUT2D eigenvalue weighted by molar-refractivity contribution is 0.131. The number of ether oxygens (including phenoxy) is 1. The molecule has 0 atom stereocenters. The molecule has 18 heavy (non-hydrogen) atoms. The first-order valence-electron chi connectivity index (χ1n) is 6.22. The van der Waals surface area contributed by atoms with E-state index in [-0.39, 0.29) is 0 Å². The van der Waals surface area contributed by atoms with Gasteiger partial charge in [0.15, 0.2) is 0 Å². The summed E-state index contributed by atoms with van der Waals surface area (Å²) >= 11 is 5.00. The Morgan fingerprint density at radius 1 is 1.61 bits per heavy atom. The van der Waals surface area contributed by atoms with E-state index >= 15 is 0 Å². The van der Waals surface area contributed by atoms with E-state index in [9.17, 15) is 0 Å². The number of pyridine rings is 1. The molecule has 0 aromatic carbocycles. The van der Waals surface area contributed by atoms with Gasteiger partial charge in [-0.2, -0.15) is 0 Å². The first-order valence-corrected chi connectivity index (χ1v) is 6.63. The summed E-state index contributed by atoms with van der Waals surface area (Å²) < 4.78 is 5.62. The van der Waals surface area contributed by atoms with Crippen LogP contribution in [0, 0.1) is 5.92 Å². The molecule has 1 saturated carbocycles. The van der Waals surface area contributed by atoms with Gasteiger partial charge in [-0.3, -0.25) is 4.98 Å². The SMILES string of the molecule is CN(CCOCC1CC1)c1cccnc1C(N)=S. The molecule has 0 amide bonds. The number of likely N-dealkylation sites (N-methyl/N-ethyl adjacent to an activating group) is 1. The molecule has 1 aliphatic carbocycles. The minimum absolute atomic E-state index is 0.330. The molecule has 2 N–H and O–H groups in total. The Bertz CT molecular complexity index is 420. The van der Waals surface area contributed by atoms with Crippen LogP contribution in [0.15, 0.2) is 18.3 Å². The first-order chi connectivity index (χ1) is 8.68. The quantitative estimate of drug-likeness (QED) is 0.599. The van der Waals surface area contributed by atoms with Gasteiger partial charge in [0.25, 0.3) is 0 Å². The summed E-state index contributed by atoms with van der Waals surface area (Å²) in [5.74, 6) is 0.806. The summed E-state index contributed by atoms with van der Waals surface area (Å²) in [4.78, 5) is 6.62. The van der Waals surface area contributed by atoms with Crippen molar-refractivity contribution in [1.29, 1.82) is 0 Å². The second-order valence-electron chi connectivity index (χ2n) is 4.68. The zero-order chi connectivity index (χ0) is 13.0. The number of nitrogens with two attached hydrogens (primary N) is 1. The lowest BCUT2D eigenvalue weighted by Crippen LogP contribution is -2.26. The summed E-state index contributed by atoms with van der Waals surface area (Å²) in [6.07, 6.45) is 4.35. The van der Waals surface area contributed by atoms with Crippen LogP contribution in [-0.4, -0.2) is 36.8 Å². The maximum Gasteiger partial charge on any atom is 0.124 e. The van der Waals surface area contributed by atoms with Gasteiger partial charge < -0.3 is 15.4 Å². The van der Waals surface area contributed by atoms with E-state index in [4.69, 9.17) is 22.7 Å². The molecule has 1 aliphatic rings. The monoisotopic (exact) mass is 265 g/mol. The van der Waals surface area contributed by atoms with Crippen molar-refractivity contribution in [2.45, 2.75) is 12.8 Å². The Morgan fingerprint density at radius 3 is 3.06 bits per heavy atom. The minimum Gasteiger partial charge on any atom is -0.388 e. The molecular formula is C13H19N3OS.